The summed E-state index contributed by atoms with van der Waals surface area (Å²) in [6.07, 6.45) is 6.01. The summed E-state index contributed by atoms with van der Waals surface area (Å²) in [5.41, 5.74) is 8.41. The van der Waals surface area contributed by atoms with E-state index >= 15 is 4.39 Å². The summed E-state index contributed by atoms with van der Waals surface area (Å²) in [6.45, 7) is 3.65. The van der Waals surface area contributed by atoms with Crippen LogP contribution < -0.4 is 16.4 Å². The SMILES string of the molecule is CCOC1CCC([C@H](c2ccc(Cl)cc2)[C@H](N)C(=O)Nc2cccc(F)c2CC[C@H]2CN[C@@H]3CCCS(=O)(=O)N2C3)CC1. The Hall–Kier alpha value is -2.08. The number of halogens is 2. The van der Waals surface area contributed by atoms with Gasteiger partial charge in [-0.2, -0.15) is 4.31 Å². The number of ether oxygens (including phenoxy) is 1. The zero-order chi connectivity index (χ0) is 30.6. The molecule has 4 N–H and O–H groups in total. The van der Waals surface area contributed by atoms with Crippen molar-refractivity contribution < 1.29 is 22.3 Å². The molecule has 2 aliphatic heterocycles. The summed E-state index contributed by atoms with van der Waals surface area (Å²) >= 11 is 6.17. The third-order valence-corrected chi connectivity index (χ3v) is 11.7. The molecule has 11 heteroatoms. The number of rotatable bonds is 10. The Morgan fingerprint density at radius 1 is 1.16 bits per heavy atom. The van der Waals surface area contributed by atoms with Gasteiger partial charge in [0.05, 0.1) is 17.9 Å². The van der Waals surface area contributed by atoms with Gasteiger partial charge in [0, 0.05) is 54.0 Å². The number of sulfonamides is 1. The average molecular weight is 635 g/mol. The number of carbonyl (C=O) groups excluding carboxylic acids is 1. The van der Waals surface area contributed by atoms with E-state index in [-0.39, 0.29) is 48.1 Å². The summed E-state index contributed by atoms with van der Waals surface area (Å²) in [4.78, 5) is 13.7. The van der Waals surface area contributed by atoms with Crippen LogP contribution in [0.25, 0.3) is 0 Å². The van der Waals surface area contributed by atoms with E-state index in [0.717, 1.165) is 37.7 Å². The van der Waals surface area contributed by atoms with Gasteiger partial charge in [-0.05, 0) is 94.0 Å². The van der Waals surface area contributed by atoms with Gasteiger partial charge in [-0.15, -0.1) is 0 Å². The zero-order valence-electron chi connectivity index (χ0n) is 24.8. The molecular weight excluding hydrogens is 591 g/mol. The molecule has 0 radical (unpaired) electrons. The molecule has 2 aromatic rings. The Morgan fingerprint density at radius 3 is 2.63 bits per heavy atom. The first-order chi connectivity index (χ1) is 20.7. The number of hydrogen-bond acceptors (Lipinski definition) is 6. The monoisotopic (exact) mass is 634 g/mol. The largest absolute Gasteiger partial charge is 0.379 e. The van der Waals surface area contributed by atoms with Gasteiger partial charge in [0.25, 0.3) is 0 Å². The fourth-order valence-corrected chi connectivity index (χ4v) is 9.11. The van der Waals surface area contributed by atoms with E-state index in [1.165, 1.54) is 6.07 Å². The number of fused-ring (bicyclic) bond motifs is 2. The van der Waals surface area contributed by atoms with Crippen molar-refractivity contribution >= 4 is 33.2 Å². The van der Waals surface area contributed by atoms with E-state index in [4.69, 9.17) is 22.1 Å². The van der Waals surface area contributed by atoms with Crippen molar-refractivity contribution in [2.75, 3.05) is 30.8 Å². The molecule has 1 saturated carbocycles. The Morgan fingerprint density at radius 2 is 1.91 bits per heavy atom. The summed E-state index contributed by atoms with van der Waals surface area (Å²) in [6, 6.07) is 11.1. The van der Waals surface area contributed by atoms with Crippen LogP contribution in [0.3, 0.4) is 0 Å². The third kappa shape index (κ3) is 7.78. The lowest BCUT2D eigenvalue weighted by Crippen LogP contribution is -2.57. The molecule has 0 spiro atoms. The van der Waals surface area contributed by atoms with Crippen LogP contribution in [0.5, 0.6) is 0 Å². The molecule has 5 rings (SSSR count). The number of nitrogens with zero attached hydrogens (tertiary/aromatic N) is 1. The maximum absolute atomic E-state index is 15.2. The number of benzene rings is 2. The molecule has 2 aromatic carbocycles. The molecule has 2 bridgehead atoms. The number of amides is 1. The second-order valence-corrected chi connectivity index (χ2v) is 14.7. The van der Waals surface area contributed by atoms with E-state index in [9.17, 15) is 13.2 Å². The first kappa shape index (κ1) is 32.3. The molecule has 2 heterocycles. The molecule has 3 aliphatic rings. The summed E-state index contributed by atoms with van der Waals surface area (Å²) in [5, 5.41) is 7.01. The van der Waals surface area contributed by atoms with Gasteiger partial charge in [-0.25, -0.2) is 12.8 Å². The third-order valence-electron chi connectivity index (χ3n) is 9.44. The highest BCUT2D eigenvalue weighted by Crippen LogP contribution is 2.39. The van der Waals surface area contributed by atoms with Crippen molar-refractivity contribution in [1.82, 2.24) is 9.62 Å². The first-order valence-electron chi connectivity index (χ1n) is 15.6. The van der Waals surface area contributed by atoms with Gasteiger partial charge in [-0.3, -0.25) is 4.79 Å². The fraction of sp³-hybridized carbons (Fsp3) is 0.594. The number of piperazine rings is 1. The minimum Gasteiger partial charge on any atom is -0.379 e. The first-order valence-corrected chi connectivity index (χ1v) is 17.6. The molecule has 1 aliphatic carbocycles. The topological polar surface area (TPSA) is 114 Å². The van der Waals surface area contributed by atoms with Crippen molar-refractivity contribution in [3.63, 3.8) is 0 Å². The lowest BCUT2D eigenvalue weighted by molar-refractivity contribution is -0.118. The van der Waals surface area contributed by atoms with Crippen molar-refractivity contribution in [3.8, 4) is 0 Å². The van der Waals surface area contributed by atoms with Crippen LogP contribution in [0.15, 0.2) is 42.5 Å². The smallest absolute Gasteiger partial charge is 0.241 e. The summed E-state index contributed by atoms with van der Waals surface area (Å²) < 4.78 is 48.5. The predicted octanol–water partition coefficient (Wildman–Crippen LogP) is 4.82. The van der Waals surface area contributed by atoms with Gasteiger partial charge < -0.3 is 21.1 Å². The van der Waals surface area contributed by atoms with E-state index in [1.807, 2.05) is 31.2 Å². The highest BCUT2D eigenvalue weighted by molar-refractivity contribution is 7.89. The molecular formula is C32H44ClFN4O4S. The standard InChI is InChI=1S/C32H44ClFN4O4S/c1-2-42-26-15-10-22(11-16-26)30(21-8-12-23(33)13-9-21)31(35)32(39)37-29-7-3-6-28(34)27(29)17-14-25-19-36-24-5-4-18-43(40,41)38(25)20-24/h3,6-9,12-13,22,24-26,30-31,36H,2,4-5,10-11,14-20,35H2,1H3,(H,37,39)/t22?,24-,25+,26?,30+,31+/m1/s1. The highest BCUT2D eigenvalue weighted by Gasteiger charge is 2.39. The van der Waals surface area contributed by atoms with Crippen molar-refractivity contribution in [2.24, 2.45) is 11.7 Å². The summed E-state index contributed by atoms with van der Waals surface area (Å²) in [5.74, 6) is -0.732. The maximum atomic E-state index is 15.2. The zero-order valence-corrected chi connectivity index (χ0v) is 26.4. The van der Waals surface area contributed by atoms with Crippen LogP contribution in [-0.2, 0) is 26.0 Å². The Bertz CT molecular complexity index is 1350. The fourth-order valence-electron chi connectivity index (χ4n) is 7.17. The normalized spacial score (nSPS) is 28.4. The Balaban J connectivity index is 1.31. The van der Waals surface area contributed by atoms with Crippen molar-refractivity contribution in [1.29, 1.82) is 0 Å². The lowest BCUT2D eigenvalue weighted by Gasteiger charge is -2.37. The molecule has 1 unspecified atom stereocenters. The van der Waals surface area contributed by atoms with E-state index in [1.54, 1.807) is 16.4 Å². The van der Waals surface area contributed by atoms with E-state index in [0.29, 0.717) is 48.8 Å². The number of anilines is 1. The number of nitrogens with two attached hydrogens (primary N) is 1. The van der Waals surface area contributed by atoms with E-state index < -0.39 is 21.9 Å². The molecule has 1 amide bonds. The quantitative estimate of drug-likeness (QED) is 0.345. The summed E-state index contributed by atoms with van der Waals surface area (Å²) in [7, 11) is -3.35. The van der Waals surface area contributed by atoms with E-state index in [2.05, 4.69) is 10.6 Å². The van der Waals surface area contributed by atoms with Gasteiger partial charge >= 0.3 is 0 Å². The van der Waals surface area contributed by atoms with Gasteiger partial charge in [0.2, 0.25) is 15.9 Å². The van der Waals surface area contributed by atoms with Crippen LogP contribution in [0.1, 0.15) is 68.9 Å². The van der Waals surface area contributed by atoms with Crippen molar-refractivity contribution in [3.05, 3.63) is 64.4 Å². The van der Waals surface area contributed by atoms with Crippen LogP contribution >= 0.6 is 11.6 Å². The molecule has 2 saturated heterocycles. The minimum atomic E-state index is -3.35. The highest BCUT2D eigenvalue weighted by atomic mass is 35.5. The van der Waals surface area contributed by atoms with Crippen LogP contribution in [0.4, 0.5) is 10.1 Å². The Labute approximate surface area is 259 Å². The lowest BCUT2D eigenvalue weighted by atomic mass is 9.72. The second kappa shape index (κ2) is 14.3. The molecule has 43 heavy (non-hydrogen) atoms. The Kier molecular flexibility index (Phi) is 10.8. The van der Waals surface area contributed by atoms with Crippen LogP contribution in [0.2, 0.25) is 5.02 Å². The average Bonchev–Trinajstić information content (AvgIpc) is 3.10. The number of hydrogen-bond donors (Lipinski definition) is 3. The molecule has 0 aromatic heterocycles. The molecule has 5 atom stereocenters. The molecule has 3 fully saturated rings. The second-order valence-electron chi connectivity index (χ2n) is 12.2. The van der Waals surface area contributed by atoms with Crippen LogP contribution in [-0.4, -0.2) is 68.3 Å². The van der Waals surface area contributed by atoms with Gasteiger partial charge in [0.1, 0.15) is 5.82 Å². The number of carbonyl (C=O) groups is 1. The number of nitrogens with one attached hydrogen (secondary N) is 2. The maximum Gasteiger partial charge on any atom is 0.241 e. The van der Waals surface area contributed by atoms with Gasteiger partial charge in [0.15, 0.2) is 0 Å². The molecule has 236 valence electrons. The minimum absolute atomic E-state index is 0.142. The van der Waals surface area contributed by atoms with Crippen LogP contribution in [0, 0.1) is 11.7 Å². The molecule has 8 nitrogen and oxygen atoms in total. The van der Waals surface area contributed by atoms with Gasteiger partial charge in [-0.1, -0.05) is 29.8 Å². The van der Waals surface area contributed by atoms with Crippen molar-refractivity contribution in [2.45, 2.75) is 88.4 Å². The predicted molar refractivity (Wildman–Crippen MR) is 168 cm³/mol.